The lowest BCUT2D eigenvalue weighted by atomic mass is 10.4. The van der Waals surface area contributed by atoms with Gasteiger partial charge in [0.2, 0.25) is 10.0 Å². The summed E-state index contributed by atoms with van der Waals surface area (Å²) in [5.41, 5.74) is 1.21. The highest BCUT2D eigenvalue weighted by Crippen LogP contribution is 2.22. The van der Waals surface area contributed by atoms with Crippen LogP contribution >= 0.6 is 0 Å². The Kier molecular flexibility index (Phi) is 6.79. The van der Waals surface area contributed by atoms with E-state index in [0.29, 0.717) is 42.6 Å². The molecule has 7 nitrogen and oxygen atoms in total. The Balaban J connectivity index is 2.99. The predicted octanol–water partition coefficient (Wildman–Crippen LogP) is 0.376. The average molecular weight is 318 g/mol. The maximum atomic E-state index is 12.7. The number of aryl methyl sites for hydroxylation is 1. The number of nitrogens with one attached hydrogen (secondary N) is 1. The van der Waals surface area contributed by atoms with Crippen molar-refractivity contribution in [2.45, 2.75) is 32.2 Å². The standard InChI is InChI=1S/C13H26N4O3S/c1-6-20-10-9-16(5)21(18,19)13-11(2)15-17(12(13)3)8-7-14-4/h14H,6-10H2,1-5H3. The molecule has 0 radical (unpaired) electrons. The van der Waals surface area contributed by atoms with Crippen LogP contribution < -0.4 is 5.32 Å². The molecule has 0 aliphatic rings. The number of sulfonamides is 1. The Labute approximate surface area is 127 Å². The zero-order valence-electron chi connectivity index (χ0n) is 13.5. The van der Waals surface area contributed by atoms with E-state index in [9.17, 15) is 8.42 Å². The number of nitrogens with zero attached hydrogens (tertiary/aromatic N) is 3. The van der Waals surface area contributed by atoms with Gasteiger partial charge in [-0.15, -0.1) is 0 Å². The minimum absolute atomic E-state index is 0.303. The largest absolute Gasteiger partial charge is 0.380 e. The molecule has 0 aliphatic heterocycles. The van der Waals surface area contributed by atoms with Crippen LogP contribution in [0.4, 0.5) is 0 Å². The molecule has 122 valence electrons. The Morgan fingerprint density at radius 3 is 2.62 bits per heavy atom. The van der Waals surface area contributed by atoms with Crippen molar-refractivity contribution in [2.24, 2.45) is 0 Å². The second-order valence-electron chi connectivity index (χ2n) is 4.85. The van der Waals surface area contributed by atoms with E-state index >= 15 is 0 Å². The molecule has 0 aromatic carbocycles. The van der Waals surface area contributed by atoms with E-state index in [4.69, 9.17) is 4.74 Å². The molecule has 0 atom stereocenters. The van der Waals surface area contributed by atoms with Crippen molar-refractivity contribution in [3.63, 3.8) is 0 Å². The number of ether oxygens (including phenoxy) is 1. The second-order valence-corrected chi connectivity index (χ2v) is 6.83. The maximum Gasteiger partial charge on any atom is 0.246 e. The second kappa shape index (κ2) is 7.88. The molecule has 1 N–H and O–H groups in total. The molecule has 8 heteroatoms. The number of likely N-dealkylation sites (N-methyl/N-ethyl adjacent to an activating group) is 2. The monoisotopic (exact) mass is 318 g/mol. The Morgan fingerprint density at radius 1 is 1.38 bits per heavy atom. The third kappa shape index (κ3) is 4.26. The highest BCUT2D eigenvalue weighted by atomic mass is 32.2. The van der Waals surface area contributed by atoms with Crippen LogP contribution in [0.1, 0.15) is 18.3 Å². The van der Waals surface area contributed by atoms with Crippen LogP contribution in [0.5, 0.6) is 0 Å². The van der Waals surface area contributed by atoms with Crippen molar-refractivity contribution in [3.8, 4) is 0 Å². The molecule has 1 heterocycles. The number of aromatic nitrogens is 2. The maximum absolute atomic E-state index is 12.7. The summed E-state index contributed by atoms with van der Waals surface area (Å²) in [6.07, 6.45) is 0. The minimum Gasteiger partial charge on any atom is -0.380 e. The first-order valence-corrected chi connectivity index (χ1v) is 8.52. The van der Waals surface area contributed by atoms with Crippen LogP contribution in [0.25, 0.3) is 0 Å². The quantitative estimate of drug-likeness (QED) is 0.666. The molecule has 0 aliphatic carbocycles. The molecule has 1 aromatic heterocycles. The van der Waals surface area contributed by atoms with Gasteiger partial charge in [0.1, 0.15) is 4.90 Å². The van der Waals surface area contributed by atoms with Crippen molar-refractivity contribution in [3.05, 3.63) is 11.4 Å². The van der Waals surface area contributed by atoms with Gasteiger partial charge in [-0.1, -0.05) is 0 Å². The molecule has 21 heavy (non-hydrogen) atoms. The van der Waals surface area contributed by atoms with Gasteiger partial charge in [-0.2, -0.15) is 9.40 Å². The van der Waals surface area contributed by atoms with E-state index in [0.717, 1.165) is 6.54 Å². The first-order chi connectivity index (χ1) is 9.86. The van der Waals surface area contributed by atoms with Gasteiger partial charge in [0.25, 0.3) is 0 Å². The van der Waals surface area contributed by atoms with Crippen molar-refractivity contribution >= 4 is 10.0 Å². The van der Waals surface area contributed by atoms with Crippen molar-refractivity contribution < 1.29 is 13.2 Å². The summed E-state index contributed by atoms with van der Waals surface area (Å²) in [6.45, 7) is 8.07. The molecule has 0 amide bonds. The topological polar surface area (TPSA) is 76.5 Å². The first-order valence-electron chi connectivity index (χ1n) is 7.08. The fraction of sp³-hybridized carbons (Fsp3) is 0.769. The normalized spacial score (nSPS) is 12.3. The summed E-state index contributed by atoms with van der Waals surface area (Å²) in [7, 11) is -0.116. The molecule has 0 fully saturated rings. The first kappa shape index (κ1) is 18.1. The molecule has 0 saturated carbocycles. The van der Waals surface area contributed by atoms with Gasteiger partial charge in [0.05, 0.1) is 24.5 Å². The molecule has 1 rings (SSSR count). The zero-order chi connectivity index (χ0) is 16.0. The fourth-order valence-corrected chi connectivity index (χ4v) is 3.62. The van der Waals surface area contributed by atoms with Gasteiger partial charge in [-0.3, -0.25) is 4.68 Å². The average Bonchev–Trinajstić information content (AvgIpc) is 2.71. The number of hydrogen-bond donors (Lipinski definition) is 1. The van der Waals surface area contributed by atoms with Gasteiger partial charge in [-0.05, 0) is 27.8 Å². The summed E-state index contributed by atoms with van der Waals surface area (Å²) in [5.74, 6) is 0. The lowest BCUT2D eigenvalue weighted by Crippen LogP contribution is -2.31. The van der Waals surface area contributed by atoms with Gasteiger partial charge in [-0.25, -0.2) is 8.42 Å². The molecule has 1 aromatic rings. The van der Waals surface area contributed by atoms with Crippen LogP contribution in [0.3, 0.4) is 0 Å². The van der Waals surface area contributed by atoms with Crippen molar-refractivity contribution in [2.75, 3.05) is 40.4 Å². The summed E-state index contributed by atoms with van der Waals surface area (Å²) in [6, 6.07) is 0. The summed E-state index contributed by atoms with van der Waals surface area (Å²) in [4.78, 5) is 0.303. The van der Waals surface area contributed by atoms with Crippen molar-refractivity contribution in [1.29, 1.82) is 0 Å². The predicted molar refractivity (Wildman–Crippen MR) is 81.9 cm³/mol. The van der Waals surface area contributed by atoms with E-state index < -0.39 is 10.0 Å². The van der Waals surface area contributed by atoms with Gasteiger partial charge in [0, 0.05) is 26.7 Å². The third-order valence-electron chi connectivity index (χ3n) is 3.31. The van der Waals surface area contributed by atoms with Crippen LogP contribution in [-0.4, -0.2) is 62.9 Å². The molecular formula is C13H26N4O3S. The number of rotatable bonds is 9. The van der Waals surface area contributed by atoms with E-state index in [1.165, 1.54) is 4.31 Å². The van der Waals surface area contributed by atoms with Gasteiger partial charge < -0.3 is 10.1 Å². The smallest absolute Gasteiger partial charge is 0.246 e. The van der Waals surface area contributed by atoms with Crippen LogP contribution in [0.15, 0.2) is 4.90 Å². The van der Waals surface area contributed by atoms with Crippen molar-refractivity contribution in [1.82, 2.24) is 19.4 Å². The SMILES string of the molecule is CCOCCN(C)S(=O)(=O)c1c(C)nn(CCNC)c1C. The summed E-state index contributed by atoms with van der Waals surface area (Å²) < 4.78 is 33.6. The number of hydrogen-bond acceptors (Lipinski definition) is 5. The molecule has 0 bridgehead atoms. The Bertz CT molecular complexity index is 554. The van der Waals surface area contributed by atoms with Crippen LogP contribution in [0, 0.1) is 13.8 Å². The van der Waals surface area contributed by atoms with E-state index in [1.807, 2.05) is 14.0 Å². The molecular weight excluding hydrogens is 292 g/mol. The minimum atomic E-state index is -3.54. The molecule has 0 spiro atoms. The van der Waals surface area contributed by atoms with Crippen LogP contribution in [-0.2, 0) is 21.3 Å². The third-order valence-corrected chi connectivity index (χ3v) is 5.42. The summed E-state index contributed by atoms with van der Waals surface area (Å²) >= 11 is 0. The van der Waals surface area contributed by atoms with E-state index in [1.54, 1.807) is 25.6 Å². The Hall–Kier alpha value is -0.960. The molecule has 0 unspecified atom stereocenters. The Morgan fingerprint density at radius 2 is 2.05 bits per heavy atom. The lowest BCUT2D eigenvalue weighted by Gasteiger charge is -2.17. The highest BCUT2D eigenvalue weighted by molar-refractivity contribution is 7.89. The highest BCUT2D eigenvalue weighted by Gasteiger charge is 2.28. The van der Waals surface area contributed by atoms with Gasteiger partial charge in [0.15, 0.2) is 0 Å². The zero-order valence-corrected chi connectivity index (χ0v) is 14.3. The van der Waals surface area contributed by atoms with Crippen LogP contribution in [0.2, 0.25) is 0 Å². The van der Waals surface area contributed by atoms with Gasteiger partial charge >= 0.3 is 0 Å². The van der Waals surface area contributed by atoms with E-state index in [-0.39, 0.29) is 0 Å². The summed E-state index contributed by atoms with van der Waals surface area (Å²) in [5, 5.41) is 7.36. The fourth-order valence-electron chi connectivity index (χ4n) is 2.10. The van der Waals surface area contributed by atoms with E-state index in [2.05, 4.69) is 10.4 Å². The lowest BCUT2D eigenvalue weighted by molar-refractivity contribution is 0.138. The molecule has 0 saturated heterocycles.